The SMILES string of the molecule is COc1cc(Cl)c(C)cc1NCC(O)CN. The van der Waals surface area contributed by atoms with Crippen LogP contribution >= 0.6 is 11.6 Å². The number of aliphatic hydroxyl groups is 1. The maximum atomic E-state index is 9.35. The van der Waals surface area contributed by atoms with Crippen molar-refractivity contribution < 1.29 is 9.84 Å². The average Bonchev–Trinajstić information content (AvgIpc) is 2.29. The minimum Gasteiger partial charge on any atom is -0.495 e. The van der Waals surface area contributed by atoms with Crippen LogP contribution in [-0.2, 0) is 0 Å². The average molecular weight is 245 g/mol. The molecule has 4 N–H and O–H groups in total. The Hall–Kier alpha value is -0.970. The van der Waals surface area contributed by atoms with Gasteiger partial charge < -0.3 is 20.9 Å². The Morgan fingerprint density at radius 2 is 2.25 bits per heavy atom. The molecule has 0 radical (unpaired) electrons. The summed E-state index contributed by atoms with van der Waals surface area (Å²) in [6, 6.07) is 3.62. The number of hydrogen-bond acceptors (Lipinski definition) is 4. The van der Waals surface area contributed by atoms with Crippen molar-refractivity contribution in [3.63, 3.8) is 0 Å². The molecular weight excluding hydrogens is 228 g/mol. The van der Waals surface area contributed by atoms with Gasteiger partial charge in [0.1, 0.15) is 5.75 Å². The summed E-state index contributed by atoms with van der Waals surface area (Å²) in [6.45, 7) is 2.52. The fourth-order valence-electron chi connectivity index (χ4n) is 1.28. The van der Waals surface area contributed by atoms with Crippen LogP contribution in [-0.4, -0.2) is 31.4 Å². The molecule has 0 spiro atoms. The van der Waals surface area contributed by atoms with Gasteiger partial charge in [-0.05, 0) is 18.6 Å². The summed E-state index contributed by atoms with van der Waals surface area (Å²) in [5, 5.41) is 13.1. The standard InChI is InChI=1S/C11H17ClN2O2/c1-7-3-10(14-6-8(15)5-13)11(16-2)4-9(7)12/h3-4,8,14-15H,5-6,13H2,1-2H3. The second-order valence-corrected chi connectivity index (χ2v) is 3.98. The van der Waals surface area contributed by atoms with Crippen LogP contribution in [0.3, 0.4) is 0 Å². The molecule has 0 bridgehead atoms. The predicted octanol–water partition coefficient (Wildman–Crippen LogP) is 1.39. The van der Waals surface area contributed by atoms with Gasteiger partial charge in [0.25, 0.3) is 0 Å². The van der Waals surface area contributed by atoms with E-state index in [0.717, 1.165) is 11.3 Å². The number of rotatable bonds is 5. The summed E-state index contributed by atoms with van der Waals surface area (Å²) in [4.78, 5) is 0. The zero-order chi connectivity index (χ0) is 12.1. The molecule has 5 heteroatoms. The van der Waals surface area contributed by atoms with Crippen molar-refractivity contribution in [3.05, 3.63) is 22.7 Å². The minimum atomic E-state index is -0.569. The third-order valence-corrected chi connectivity index (χ3v) is 2.69. The molecule has 0 saturated heterocycles. The van der Waals surface area contributed by atoms with Gasteiger partial charge in [-0.3, -0.25) is 0 Å². The van der Waals surface area contributed by atoms with Gasteiger partial charge in [0.2, 0.25) is 0 Å². The van der Waals surface area contributed by atoms with Crippen molar-refractivity contribution in [2.75, 3.05) is 25.5 Å². The number of anilines is 1. The van der Waals surface area contributed by atoms with E-state index in [9.17, 15) is 5.11 Å². The number of aliphatic hydroxyl groups excluding tert-OH is 1. The molecule has 0 heterocycles. The van der Waals surface area contributed by atoms with Crippen LogP contribution in [0.5, 0.6) is 5.75 Å². The summed E-state index contributed by atoms with van der Waals surface area (Å²) in [5.41, 5.74) is 7.07. The maximum Gasteiger partial charge on any atom is 0.143 e. The Morgan fingerprint density at radius 1 is 1.56 bits per heavy atom. The Bertz CT molecular complexity index is 358. The smallest absolute Gasteiger partial charge is 0.143 e. The van der Waals surface area contributed by atoms with E-state index in [4.69, 9.17) is 22.1 Å². The number of ether oxygens (including phenoxy) is 1. The van der Waals surface area contributed by atoms with Crippen molar-refractivity contribution in [1.82, 2.24) is 0 Å². The van der Waals surface area contributed by atoms with E-state index in [1.54, 1.807) is 13.2 Å². The molecule has 16 heavy (non-hydrogen) atoms. The van der Waals surface area contributed by atoms with Crippen molar-refractivity contribution in [2.24, 2.45) is 5.73 Å². The number of nitrogens with one attached hydrogen (secondary N) is 1. The van der Waals surface area contributed by atoms with E-state index in [1.165, 1.54) is 0 Å². The second kappa shape index (κ2) is 5.94. The normalized spacial score (nSPS) is 12.3. The molecule has 1 rings (SSSR count). The number of methoxy groups -OCH3 is 1. The number of aryl methyl sites for hydroxylation is 1. The molecule has 0 saturated carbocycles. The van der Waals surface area contributed by atoms with Crippen LogP contribution in [0.15, 0.2) is 12.1 Å². The molecule has 1 aromatic carbocycles. The monoisotopic (exact) mass is 244 g/mol. The maximum absolute atomic E-state index is 9.35. The quantitative estimate of drug-likeness (QED) is 0.732. The van der Waals surface area contributed by atoms with Crippen molar-refractivity contribution >= 4 is 17.3 Å². The van der Waals surface area contributed by atoms with E-state index in [2.05, 4.69) is 5.32 Å². The Kier molecular flexibility index (Phi) is 4.86. The number of halogens is 1. The van der Waals surface area contributed by atoms with E-state index in [-0.39, 0.29) is 6.54 Å². The van der Waals surface area contributed by atoms with E-state index in [1.807, 2.05) is 13.0 Å². The van der Waals surface area contributed by atoms with Crippen LogP contribution in [0.25, 0.3) is 0 Å². The van der Waals surface area contributed by atoms with Crippen molar-refractivity contribution in [1.29, 1.82) is 0 Å². The van der Waals surface area contributed by atoms with Crippen molar-refractivity contribution in [2.45, 2.75) is 13.0 Å². The van der Waals surface area contributed by atoms with Crippen molar-refractivity contribution in [3.8, 4) is 5.75 Å². The Labute approximate surface area is 100 Å². The number of hydrogen-bond donors (Lipinski definition) is 3. The first-order chi connectivity index (χ1) is 7.58. The highest BCUT2D eigenvalue weighted by Crippen LogP contribution is 2.30. The Balaban J connectivity index is 2.81. The van der Waals surface area contributed by atoms with Gasteiger partial charge in [0, 0.05) is 24.2 Å². The predicted molar refractivity (Wildman–Crippen MR) is 66.3 cm³/mol. The molecule has 0 aliphatic heterocycles. The molecule has 1 unspecified atom stereocenters. The molecule has 90 valence electrons. The molecule has 4 nitrogen and oxygen atoms in total. The van der Waals surface area contributed by atoms with E-state index >= 15 is 0 Å². The molecule has 0 aliphatic carbocycles. The first-order valence-electron chi connectivity index (χ1n) is 5.04. The lowest BCUT2D eigenvalue weighted by Gasteiger charge is -2.15. The van der Waals surface area contributed by atoms with E-state index in [0.29, 0.717) is 17.3 Å². The molecule has 0 amide bonds. The highest BCUT2D eigenvalue weighted by molar-refractivity contribution is 6.31. The van der Waals surface area contributed by atoms with Crippen LogP contribution in [0, 0.1) is 6.92 Å². The molecule has 0 aliphatic rings. The second-order valence-electron chi connectivity index (χ2n) is 3.57. The molecule has 0 aromatic heterocycles. The van der Waals surface area contributed by atoms with Crippen LogP contribution < -0.4 is 15.8 Å². The largest absolute Gasteiger partial charge is 0.495 e. The lowest BCUT2D eigenvalue weighted by atomic mass is 10.2. The fourth-order valence-corrected chi connectivity index (χ4v) is 1.44. The lowest BCUT2D eigenvalue weighted by molar-refractivity contribution is 0.196. The van der Waals surface area contributed by atoms with Gasteiger partial charge >= 0.3 is 0 Å². The van der Waals surface area contributed by atoms with Crippen LogP contribution in [0.2, 0.25) is 5.02 Å². The third kappa shape index (κ3) is 3.27. The first kappa shape index (κ1) is 13.1. The van der Waals surface area contributed by atoms with Crippen LogP contribution in [0.1, 0.15) is 5.56 Å². The van der Waals surface area contributed by atoms with Gasteiger partial charge in [-0.25, -0.2) is 0 Å². The zero-order valence-electron chi connectivity index (χ0n) is 9.46. The molecular formula is C11H17ClN2O2. The van der Waals surface area contributed by atoms with Gasteiger partial charge in [0.15, 0.2) is 0 Å². The topological polar surface area (TPSA) is 67.5 Å². The van der Waals surface area contributed by atoms with Gasteiger partial charge in [-0.1, -0.05) is 11.6 Å². The number of benzene rings is 1. The number of nitrogens with two attached hydrogens (primary N) is 1. The first-order valence-corrected chi connectivity index (χ1v) is 5.42. The Morgan fingerprint density at radius 3 is 2.81 bits per heavy atom. The minimum absolute atomic E-state index is 0.224. The zero-order valence-corrected chi connectivity index (χ0v) is 10.2. The third-order valence-electron chi connectivity index (χ3n) is 2.28. The summed E-state index contributed by atoms with van der Waals surface area (Å²) in [7, 11) is 1.57. The highest BCUT2D eigenvalue weighted by atomic mass is 35.5. The molecule has 1 aromatic rings. The van der Waals surface area contributed by atoms with Gasteiger partial charge in [-0.15, -0.1) is 0 Å². The summed E-state index contributed by atoms with van der Waals surface area (Å²) in [6.07, 6.45) is -0.569. The highest BCUT2D eigenvalue weighted by Gasteiger charge is 2.08. The molecule has 1 atom stereocenters. The van der Waals surface area contributed by atoms with E-state index < -0.39 is 6.10 Å². The summed E-state index contributed by atoms with van der Waals surface area (Å²) in [5.74, 6) is 0.653. The fraction of sp³-hybridized carbons (Fsp3) is 0.455. The van der Waals surface area contributed by atoms with Gasteiger partial charge in [0.05, 0.1) is 18.9 Å². The summed E-state index contributed by atoms with van der Waals surface area (Å²) < 4.78 is 5.19. The lowest BCUT2D eigenvalue weighted by Crippen LogP contribution is -2.27. The summed E-state index contributed by atoms with van der Waals surface area (Å²) >= 11 is 5.98. The van der Waals surface area contributed by atoms with Gasteiger partial charge in [-0.2, -0.15) is 0 Å². The van der Waals surface area contributed by atoms with Crippen LogP contribution in [0.4, 0.5) is 5.69 Å². The molecule has 0 fully saturated rings.